The van der Waals surface area contributed by atoms with E-state index in [1.165, 1.54) is 0 Å². The lowest BCUT2D eigenvalue weighted by Crippen LogP contribution is -2.46. The molecule has 1 amide bonds. The number of aliphatic hydroxyl groups is 1. The number of carbonyl (C=O) groups excluding carboxylic acids is 1. The van der Waals surface area contributed by atoms with Gasteiger partial charge in [-0.25, -0.2) is 0 Å². The molecule has 3 heterocycles. The van der Waals surface area contributed by atoms with Gasteiger partial charge in [0.05, 0.1) is 23.8 Å². The van der Waals surface area contributed by atoms with Crippen LogP contribution in [0.15, 0.2) is 84.9 Å². The maximum atomic E-state index is 13.7. The first-order valence-electron chi connectivity index (χ1n) is 10.9. The number of anilines is 2. The lowest BCUT2D eigenvalue weighted by Gasteiger charge is -2.38. The molecule has 154 valence electrons. The number of nitrogens with zero attached hydrogens (tertiary/aromatic N) is 2. The van der Waals surface area contributed by atoms with E-state index in [1.807, 2.05) is 83.8 Å². The molecule has 3 aromatic rings. The van der Waals surface area contributed by atoms with Crippen LogP contribution in [0.5, 0.6) is 0 Å². The maximum absolute atomic E-state index is 13.7. The number of hydrogen-bond donors (Lipinski definition) is 1. The number of fused-ring (bicyclic) bond motifs is 2. The summed E-state index contributed by atoms with van der Waals surface area (Å²) >= 11 is 0. The molecule has 0 unspecified atom stereocenters. The van der Waals surface area contributed by atoms with Gasteiger partial charge in [0.1, 0.15) is 5.60 Å². The van der Waals surface area contributed by atoms with Gasteiger partial charge in [-0.1, -0.05) is 66.7 Å². The summed E-state index contributed by atoms with van der Waals surface area (Å²) in [4.78, 5) is 17.9. The average Bonchev–Trinajstić information content (AvgIpc) is 3.38. The van der Waals surface area contributed by atoms with Gasteiger partial charge in [-0.3, -0.25) is 4.79 Å². The molecule has 0 radical (unpaired) electrons. The van der Waals surface area contributed by atoms with Crippen LogP contribution in [-0.2, 0) is 16.9 Å². The van der Waals surface area contributed by atoms with Crippen LogP contribution >= 0.6 is 0 Å². The summed E-state index contributed by atoms with van der Waals surface area (Å²) in [6.45, 7) is 1.39. The highest BCUT2D eigenvalue weighted by Gasteiger charge is 2.49. The number of benzene rings is 3. The standard InChI is InChI=1S/C27H24N2O2/c30-26-21-17-27(31,20-11-5-2-6-12-20)24-15-8-16-28(24)22-13-7-14-23(25(21)22)29(26)18-19-9-3-1-4-10-19/h1-7,9-14,17,24,31H,8,15-16,18H2/t24-,27-/m0/s1. The second-order valence-electron chi connectivity index (χ2n) is 8.65. The molecule has 2 atom stereocenters. The Morgan fingerprint density at radius 1 is 0.903 bits per heavy atom. The molecule has 1 N–H and O–H groups in total. The predicted molar refractivity (Wildman–Crippen MR) is 123 cm³/mol. The number of amides is 1. The molecule has 0 aromatic heterocycles. The molecule has 0 spiro atoms. The van der Waals surface area contributed by atoms with Crippen LogP contribution in [0.2, 0.25) is 0 Å². The Kier molecular flexibility index (Phi) is 4.05. The van der Waals surface area contributed by atoms with E-state index in [9.17, 15) is 9.90 Å². The van der Waals surface area contributed by atoms with Crippen molar-refractivity contribution in [3.8, 4) is 0 Å². The van der Waals surface area contributed by atoms with Gasteiger partial charge in [0.25, 0.3) is 5.91 Å². The van der Waals surface area contributed by atoms with Crippen LogP contribution < -0.4 is 9.80 Å². The Morgan fingerprint density at radius 2 is 1.61 bits per heavy atom. The van der Waals surface area contributed by atoms with Gasteiger partial charge in [0.2, 0.25) is 0 Å². The first kappa shape index (κ1) is 18.4. The van der Waals surface area contributed by atoms with Crippen molar-refractivity contribution in [1.82, 2.24) is 0 Å². The van der Waals surface area contributed by atoms with Crippen LogP contribution in [0.25, 0.3) is 5.57 Å². The fraction of sp³-hybridized carbons (Fsp3) is 0.222. The van der Waals surface area contributed by atoms with E-state index in [-0.39, 0.29) is 11.9 Å². The molecule has 4 nitrogen and oxygen atoms in total. The van der Waals surface area contributed by atoms with E-state index in [0.29, 0.717) is 12.1 Å². The third-order valence-electron chi connectivity index (χ3n) is 6.91. The zero-order valence-corrected chi connectivity index (χ0v) is 17.2. The fourth-order valence-corrected chi connectivity index (χ4v) is 5.50. The fourth-order valence-electron chi connectivity index (χ4n) is 5.50. The van der Waals surface area contributed by atoms with Crippen molar-refractivity contribution in [2.45, 2.75) is 31.0 Å². The van der Waals surface area contributed by atoms with E-state index in [1.54, 1.807) is 0 Å². The van der Waals surface area contributed by atoms with E-state index < -0.39 is 5.60 Å². The van der Waals surface area contributed by atoms with Gasteiger partial charge < -0.3 is 14.9 Å². The first-order valence-corrected chi connectivity index (χ1v) is 10.9. The summed E-state index contributed by atoms with van der Waals surface area (Å²) in [7, 11) is 0. The van der Waals surface area contributed by atoms with Crippen LogP contribution in [0.4, 0.5) is 11.4 Å². The SMILES string of the molecule is O=C1C2=C[C@](O)(c3ccccc3)[C@@H]3CCCN3c3cccc(c32)N1Cc1ccccc1. The zero-order valence-electron chi connectivity index (χ0n) is 17.2. The Hall–Kier alpha value is -3.37. The second-order valence-corrected chi connectivity index (χ2v) is 8.65. The Balaban J connectivity index is 1.55. The minimum absolute atomic E-state index is 0.0400. The average molecular weight is 409 g/mol. The van der Waals surface area contributed by atoms with E-state index in [2.05, 4.69) is 11.0 Å². The van der Waals surface area contributed by atoms with E-state index >= 15 is 0 Å². The summed E-state index contributed by atoms with van der Waals surface area (Å²) in [5.74, 6) is -0.0400. The summed E-state index contributed by atoms with van der Waals surface area (Å²) in [6, 6.07) is 25.9. The molecule has 4 heteroatoms. The molecular formula is C27H24N2O2. The Bertz CT molecular complexity index is 1190. The maximum Gasteiger partial charge on any atom is 0.259 e. The highest BCUT2D eigenvalue weighted by molar-refractivity contribution is 6.34. The summed E-state index contributed by atoms with van der Waals surface area (Å²) in [5.41, 5.74) is 4.26. The molecule has 6 rings (SSSR count). The quantitative estimate of drug-likeness (QED) is 0.695. The van der Waals surface area contributed by atoms with Crippen molar-refractivity contribution >= 4 is 22.9 Å². The highest BCUT2D eigenvalue weighted by Crippen LogP contribution is 2.51. The first-order chi connectivity index (χ1) is 15.2. The number of carbonyl (C=O) groups is 1. The largest absolute Gasteiger partial charge is 0.379 e. The van der Waals surface area contributed by atoms with Crippen molar-refractivity contribution in [3.63, 3.8) is 0 Å². The molecule has 1 fully saturated rings. The molecule has 31 heavy (non-hydrogen) atoms. The lowest BCUT2D eigenvalue weighted by molar-refractivity contribution is -0.113. The lowest BCUT2D eigenvalue weighted by atomic mass is 9.83. The van der Waals surface area contributed by atoms with Crippen molar-refractivity contribution in [1.29, 1.82) is 0 Å². The molecule has 0 saturated carbocycles. The van der Waals surface area contributed by atoms with Crippen LogP contribution in [-0.4, -0.2) is 23.6 Å². The van der Waals surface area contributed by atoms with Crippen LogP contribution in [0.1, 0.15) is 29.5 Å². The molecule has 3 aromatic carbocycles. The van der Waals surface area contributed by atoms with Crippen LogP contribution in [0.3, 0.4) is 0 Å². The molecular weight excluding hydrogens is 384 g/mol. The molecule has 0 bridgehead atoms. The summed E-state index contributed by atoms with van der Waals surface area (Å²) in [6.07, 6.45) is 3.75. The van der Waals surface area contributed by atoms with Gasteiger partial charge in [0.15, 0.2) is 0 Å². The third-order valence-corrected chi connectivity index (χ3v) is 6.91. The third kappa shape index (κ3) is 2.68. The topological polar surface area (TPSA) is 43.8 Å². The van der Waals surface area contributed by atoms with Crippen molar-refractivity contribution < 1.29 is 9.90 Å². The normalized spacial score (nSPS) is 24.0. The van der Waals surface area contributed by atoms with Gasteiger partial charge in [-0.15, -0.1) is 0 Å². The van der Waals surface area contributed by atoms with Gasteiger partial charge in [-0.2, -0.15) is 0 Å². The molecule has 1 saturated heterocycles. The molecule has 0 aliphatic carbocycles. The van der Waals surface area contributed by atoms with E-state index in [4.69, 9.17) is 0 Å². The summed E-state index contributed by atoms with van der Waals surface area (Å²) in [5, 5.41) is 12.1. The monoisotopic (exact) mass is 408 g/mol. The summed E-state index contributed by atoms with van der Waals surface area (Å²) < 4.78 is 0. The van der Waals surface area contributed by atoms with Gasteiger partial charge in [0, 0.05) is 17.8 Å². The molecule has 3 aliphatic heterocycles. The van der Waals surface area contributed by atoms with E-state index in [0.717, 1.165) is 47.5 Å². The van der Waals surface area contributed by atoms with Gasteiger partial charge >= 0.3 is 0 Å². The van der Waals surface area contributed by atoms with Crippen LogP contribution in [0, 0.1) is 0 Å². The molecule has 3 aliphatic rings. The second kappa shape index (κ2) is 6.82. The van der Waals surface area contributed by atoms with Crippen molar-refractivity contribution in [2.75, 3.05) is 16.3 Å². The van der Waals surface area contributed by atoms with Crippen molar-refractivity contribution in [2.24, 2.45) is 0 Å². The smallest absolute Gasteiger partial charge is 0.259 e. The minimum Gasteiger partial charge on any atom is -0.379 e. The van der Waals surface area contributed by atoms with Gasteiger partial charge in [-0.05, 0) is 42.2 Å². The van der Waals surface area contributed by atoms with Crippen molar-refractivity contribution in [3.05, 3.63) is 102 Å². The minimum atomic E-state index is -1.22. The predicted octanol–water partition coefficient (Wildman–Crippen LogP) is 4.49. The highest BCUT2D eigenvalue weighted by atomic mass is 16.3. The number of hydrogen-bond acceptors (Lipinski definition) is 3. The Morgan fingerprint density at radius 3 is 2.39 bits per heavy atom. The number of rotatable bonds is 3. The Labute approximate surface area is 182 Å². The zero-order chi connectivity index (χ0) is 21.0.